The number of amides is 1. The fourth-order valence-corrected chi connectivity index (χ4v) is 4.34. The normalized spacial score (nSPS) is 11.9. The van der Waals surface area contributed by atoms with Crippen LogP contribution in [-0.4, -0.2) is 31.3 Å². The third-order valence-electron chi connectivity index (χ3n) is 5.67. The van der Waals surface area contributed by atoms with E-state index in [1.54, 1.807) is 43.3 Å². The van der Waals surface area contributed by atoms with Crippen LogP contribution < -0.4 is 10.2 Å². The largest absolute Gasteiger partial charge is 0.484 e. The molecule has 3 aromatic rings. The Bertz CT molecular complexity index is 1220. The number of esters is 1. The quantitative estimate of drug-likeness (QED) is 0.197. The standard InChI is InChI=1S/C30H36N2O5/c1-7-35-28(34)22-10-8-21(9-11-22)26-17-16-25(37-26)18-31-32-27(33)19-36-24-14-12-23(13-15-24)30(5,6)20-29(2,3)4/h8-18H,7,19-20H2,1-6H3,(H,32,33)/b31-18-. The molecule has 0 bridgehead atoms. The molecule has 0 aliphatic carbocycles. The summed E-state index contributed by atoms with van der Waals surface area (Å²) in [7, 11) is 0. The second-order valence-electron chi connectivity index (χ2n) is 10.7. The summed E-state index contributed by atoms with van der Waals surface area (Å²) in [6.07, 6.45) is 2.47. The van der Waals surface area contributed by atoms with Gasteiger partial charge in [-0.1, -0.05) is 58.9 Å². The number of furan rings is 1. The van der Waals surface area contributed by atoms with E-state index in [0.717, 1.165) is 12.0 Å². The van der Waals surface area contributed by atoms with Crippen molar-refractivity contribution < 1.29 is 23.5 Å². The van der Waals surface area contributed by atoms with E-state index in [1.807, 2.05) is 12.1 Å². The molecule has 0 unspecified atom stereocenters. The Labute approximate surface area is 218 Å². The molecule has 7 nitrogen and oxygen atoms in total. The van der Waals surface area contributed by atoms with Crippen molar-refractivity contribution in [1.82, 2.24) is 5.43 Å². The number of hydrogen-bond acceptors (Lipinski definition) is 6. The number of hydrogen-bond donors (Lipinski definition) is 1. The molecular formula is C30H36N2O5. The zero-order chi connectivity index (χ0) is 27.1. The predicted octanol–water partition coefficient (Wildman–Crippen LogP) is 6.37. The highest BCUT2D eigenvalue weighted by atomic mass is 16.5. The number of rotatable bonds is 10. The molecule has 7 heteroatoms. The Morgan fingerprint density at radius 1 is 0.946 bits per heavy atom. The number of nitrogens with zero attached hydrogens (tertiary/aromatic N) is 1. The maximum absolute atomic E-state index is 12.1. The lowest BCUT2D eigenvalue weighted by molar-refractivity contribution is -0.123. The van der Waals surface area contributed by atoms with Gasteiger partial charge in [-0.15, -0.1) is 0 Å². The minimum Gasteiger partial charge on any atom is -0.484 e. The highest BCUT2D eigenvalue weighted by molar-refractivity contribution is 5.90. The average Bonchev–Trinajstić information content (AvgIpc) is 3.31. The van der Waals surface area contributed by atoms with E-state index >= 15 is 0 Å². The molecule has 0 saturated heterocycles. The minimum atomic E-state index is -0.380. The van der Waals surface area contributed by atoms with Crippen molar-refractivity contribution in [2.45, 2.75) is 53.4 Å². The Hall–Kier alpha value is -3.87. The molecule has 0 aliphatic rings. The van der Waals surface area contributed by atoms with E-state index in [9.17, 15) is 9.59 Å². The number of ether oxygens (including phenoxy) is 2. The molecule has 1 amide bonds. The van der Waals surface area contributed by atoms with Crippen molar-refractivity contribution in [3.8, 4) is 17.1 Å². The van der Waals surface area contributed by atoms with Crippen LogP contribution in [0, 0.1) is 5.41 Å². The van der Waals surface area contributed by atoms with Gasteiger partial charge in [-0.2, -0.15) is 5.10 Å². The van der Waals surface area contributed by atoms with E-state index in [0.29, 0.717) is 29.4 Å². The maximum atomic E-state index is 12.1. The van der Waals surface area contributed by atoms with Gasteiger partial charge in [0, 0.05) is 5.56 Å². The van der Waals surface area contributed by atoms with Crippen molar-refractivity contribution in [2.24, 2.45) is 10.5 Å². The molecule has 196 valence electrons. The van der Waals surface area contributed by atoms with E-state index in [1.165, 1.54) is 11.8 Å². The van der Waals surface area contributed by atoms with Crippen molar-refractivity contribution >= 4 is 18.1 Å². The summed E-state index contributed by atoms with van der Waals surface area (Å²) in [6, 6.07) is 18.3. The van der Waals surface area contributed by atoms with Gasteiger partial charge in [-0.3, -0.25) is 4.79 Å². The number of carbonyl (C=O) groups excluding carboxylic acids is 2. The van der Waals surface area contributed by atoms with Crippen molar-refractivity contribution in [2.75, 3.05) is 13.2 Å². The summed E-state index contributed by atoms with van der Waals surface area (Å²) < 4.78 is 16.3. The van der Waals surface area contributed by atoms with Crippen molar-refractivity contribution in [3.63, 3.8) is 0 Å². The van der Waals surface area contributed by atoms with Crippen LogP contribution in [0.4, 0.5) is 0 Å². The zero-order valence-corrected chi connectivity index (χ0v) is 22.5. The number of nitrogens with one attached hydrogen (secondary N) is 1. The summed E-state index contributed by atoms with van der Waals surface area (Å²) in [5, 5.41) is 3.94. The van der Waals surface area contributed by atoms with Crippen LogP contribution in [0.5, 0.6) is 5.75 Å². The molecule has 0 spiro atoms. The van der Waals surface area contributed by atoms with Crippen LogP contribution in [0.3, 0.4) is 0 Å². The first-order valence-electron chi connectivity index (χ1n) is 12.4. The SMILES string of the molecule is CCOC(=O)c1ccc(-c2ccc(/C=N\NC(=O)COc3ccc(C(C)(C)CC(C)(C)C)cc3)o2)cc1. The second-order valence-corrected chi connectivity index (χ2v) is 10.7. The van der Waals surface area contributed by atoms with Crippen molar-refractivity contribution in [3.05, 3.63) is 77.6 Å². The smallest absolute Gasteiger partial charge is 0.338 e. The van der Waals surface area contributed by atoms with Crippen LogP contribution in [0.1, 0.15) is 69.6 Å². The third kappa shape index (κ3) is 8.34. The monoisotopic (exact) mass is 504 g/mol. The number of benzene rings is 2. The minimum absolute atomic E-state index is 0.0423. The molecule has 0 aliphatic heterocycles. The van der Waals surface area contributed by atoms with Gasteiger partial charge in [0.2, 0.25) is 0 Å². The molecular weight excluding hydrogens is 468 g/mol. The Morgan fingerprint density at radius 2 is 1.62 bits per heavy atom. The molecule has 0 radical (unpaired) electrons. The van der Waals surface area contributed by atoms with Gasteiger partial charge in [-0.05, 0) is 66.1 Å². The average molecular weight is 505 g/mol. The van der Waals surface area contributed by atoms with Crippen LogP contribution in [0.15, 0.2) is 70.2 Å². The predicted molar refractivity (Wildman–Crippen MR) is 145 cm³/mol. The van der Waals surface area contributed by atoms with Gasteiger partial charge in [0.1, 0.15) is 17.3 Å². The third-order valence-corrected chi connectivity index (χ3v) is 5.67. The van der Waals surface area contributed by atoms with Crippen LogP contribution >= 0.6 is 0 Å². The molecule has 37 heavy (non-hydrogen) atoms. The number of hydrazone groups is 1. The first kappa shape index (κ1) is 27.7. The maximum Gasteiger partial charge on any atom is 0.338 e. The summed E-state index contributed by atoms with van der Waals surface area (Å²) >= 11 is 0. The molecule has 2 aromatic carbocycles. The van der Waals surface area contributed by atoms with E-state index in [2.05, 4.69) is 57.3 Å². The van der Waals surface area contributed by atoms with Crippen LogP contribution in [0.25, 0.3) is 11.3 Å². The summed E-state index contributed by atoms with van der Waals surface area (Å²) in [6.45, 7) is 13.1. The molecule has 0 saturated carbocycles. The molecule has 1 N–H and O–H groups in total. The Kier molecular flexibility index (Phi) is 8.92. The van der Waals surface area contributed by atoms with Gasteiger partial charge >= 0.3 is 5.97 Å². The fraction of sp³-hybridized carbons (Fsp3) is 0.367. The van der Waals surface area contributed by atoms with Gasteiger partial charge < -0.3 is 13.9 Å². The first-order chi connectivity index (χ1) is 17.5. The van der Waals surface area contributed by atoms with Gasteiger partial charge in [0.15, 0.2) is 6.61 Å². The van der Waals surface area contributed by atoms with E-state index < -0.39 is 0 Å². The van der Waals surface area contributed by atoms with Gasteiger partial charge in [0.05, 0.1) is 18.4 Å². The molecule has 3 rings (SSSR count). The van der Waals surface area contributed by atoms with Gasteiger partial charge in [-0.25, -0.2) is 10.2 Å². The van der Waals surface area contributed by atoms with E-state index in [-0.39, 0.29) is 29.3 Å². The first-order valence-corrected chi connectivity index (χ1v) is 12.4. The summed E-state index contributed by atoms with van der Waals surface area (Å²) in [5.41, 5.74) is 5.22. The lowest BCUT2D eigenvalue weighted by Crippen LogP contribution is -2.25. The van der Waals surface area contributed by atoms with Gasteiger partial charge in [0.25, 0.3) is 5.91 Å². The van der Waals surface area contributed by atoms with Crippen LogP contribution in [0.2, 0.25) is 0 Å². The van der Waals surface area contributed by atoms with Crippen molar-refractivity contribution in [1.29, 1.82) is 0 Å². The second kappa shape index (κ2) is 11.9. The lowest BCUT2D eigenvalue weighted by Gasteiger charge is -2.33. The van der Waals surface area contributed by atoms with Crippen LogP contribution in [-0.2, 0) is 14.9 Å². The molecule has 0 fully saturated rings. The molecule has 1 aromatic heterocycles. The highest BCUT2D eigenvalue weighted by Gasteiger charge is 2.27. The fourth-order valence-electron chi connectivity index (χ4n) is 4.34. The molecule has 1 heterocycles. The summed E-state index contributed by atoms with van der Waals surface area (Å²) in [5.74, 6) is 0.965. The highest BCUT2D eigenvalue weighted by Crippen LogP contribution is 2.36. The topological polar surface area (TPSA) is 90.1 Å². The lowest BCUT2D eigenvalue weighted by atomic mass is 9.72. The zero-order valence-electron chi connectivity index (χ0n) is 22.5. The number of carbonyl (C=O) groups is 2. The Morgan fingerprint density at radius 3 is 2.24 bits per heavy atom. The molecule has 0 atom stereocenters. The summed E-state index contributed by atoms with van der Waals surface area (Å²) in [4.78, 5) is 23.9. The van der Waals surface area contributed by atoms with E-state index in [4.69, 9.17) is 13.9 Å². The Balaban J connectivity index is 1.48.